The SMILES string of the molecule is Cn1nccc1C(=O)N[C@H](Cc1ccccc1)CN1CCCCC1. The van der Waals surface area contributed by atoms with E-state index in [1.807, 2.05) is 6.07 Å². The van der Waals surface area contributed by atoms with E-state index in [4.69, 9.17) is 0 Å². The van der Waals surface area contributed by atoms with Gasteiger partial charge in [-0.2, -0.15) is 5.10 Å². The summed E-state index contributed by atoms with van der Waals surface area (Å²) in [6.45, 7) is 3.16. The van der Waals surface area contributed by atoms with Crippen LogP contribution in [0.3, 0.4) is 0 Å². The van der Waals surface area contributed by atoms with Crippen LogP contribution in [0.15, 0.2) is 42.6 Å². The van der Waals surface area contributed by atoms with Crippen molar-refractivity contribution in [2.75, 3.05) is 19.6 Å². The Bertz CT molecular complexity index is 646. The summed E-state index contributed by atoms with van der Waals surface area (Å²) in [6.07, 6.45) is 6.34. The van der Waals surface area contributed by atoms with E-state index in [0.29, 0.717) is 5.69 Å². The topological polar surface area (TPSA) is 50.2 Å². The van der Waals surface area contributed by atoms with Gasteiger partial charge in [0.15, 0.2) is 0 Å². The van der Waals surface area contributed by atoms with E-state index in [1.165, 1.54) is 24.8 Å². The van der Waals surface area contributed by atoms with Crippen LogP contribution in [0.25, 0.3) is 0 Å². The van der Waals surface area contributed by atoms with Gasteiger partial charge in [-0.1, -0.05) is 36.8 Å². The summed E-state index contributed by atoms with van der Waals surface area (Å²) in [5, 5.41) is 7.30. The van der Waals surface area contributed by atoms with E-state index in [0.717, 1.165) is 26.1 Å². The number of likely N-dealkylation sites (tertiary alicyclic amines) is 1. The van der Waals surface area contributed by atoms with Gasteiger partial charge in [-0.05, 0) is 44.0 Å². The Morgan fingerprint density at radius 2 is 1.92 bits per heavy atom. The lowest BCUT2D eigenvalue weighted by molar-refractivity contribution is 0.0911. The van der Waals surface area contributed by atoms with Crippen molar-refractivity contribution in [1.29, 1.82) is 0 Å². The fourth-order valence-electron chi connectivity index (χ4n) is 3.37. The molecule has 0 spiro atoms. The zero-order valence-corrected chi connectivity index (χ0v) is 14.3. The van der Waals surface area contributed by atoms with Gasteiger partial charge in [0.25, 0.3) is 5.91 Å². The fraction of sp³-hybridized carbons (Fsp3) is 0.474. The van der Waals surface area contributed by atoms with Crippen LogP contribution in [0.5, 0.6) is 0 Å². The molecule has 5 heteroatoms. The van der Waals surface area contributed by atoms with Gasteiger partial charge in [-0.15, -0.1) is 0 Å². The number of amides is 1. The van der Waals surface area contributed by atoms with Gasteiger partial charge in [0.2, 0.25) is 0 Å². The molecule has 1 N–H and O–H groups in total. The molecule has 1 amide bonds. The second-order valence-electron chi connectivity index (χ2n) is 6.56. The minimum Gasteiger partial charge on any atom is -0.346 e. The Morgan fingerprint density at radius 3 is 2.58 bits per heavy atom. The molecule has 0 unspecified atom stereocenters. The Labute approximate surface area is 143 Å². The number of nitrogens with one attached hydrogen (secondary N) is 1. The highest BCUT2D eigenvalue weighted by Crippen LogP contribution is 2.12. The normalized spacial score (nSPS) is 16.7. The third-order valence-electron chi connectivity index (χ3n) is 4.64. The molecule has 2 heterocycles. The molecule has 1 fully saturated rings. The van der Waals surface area contributed by atoms with Crippen molar-refractivity contribution in [3.8, 4) is 0 Å². The largest absolute Gasteiger partial charge is 0.346 e. The minimum atomic E-state index is -0.0482. The van der Waals surface area contributed by atoms with Gasteiger partial charge in [-0.3, -0.25) is 9.48 Å². The van der Waals surface area contributed by atoms with Crippen molar-refractivity contribution in [1.82, 2.24) is 20.0 Å². The zero-order chi connectivity index (χ0) is 16.8. The maximum atomic E-state index is 12.6. The van der Waals surface area contributed by atoms with Gasteiger partial charge in [-0.25, -0.2) is 0 Å². The second-order valence-corrected chi connectivity index (χ2v) is 6.56. The molecule has 1 atom stereocenters. The number of aromatic nitrogens is 2. The van der Waals surface area contributed by atoms with Crippen molar-refractivity contribution in [2.24, 2.45) is 7.05 Å². The van der Waals surface area contributed by atoms with Gasteiger partial charge < -0.3 is 10.2 Å². The van der Waals surface area contributed by atoms with Crippen LogP contribution in [0, 0.1) is 0 Å². The highest BCUT2D eigenvalue weighted by molar-refractivity contribution is 5.92. The second kappa shape index (κ2) is 8.11. The molecule has 1 aliphatic heterocycles. The number of carbonyl (C=O) groups is 1. The Balaban J connectivity index is 1.68. The van der Waals surface area contributed by atoms with Crippen LogP contribution in [0.1, 0.15) is 35.3 Å². The quantitative estimate of drug-likeness (QED) is 0.886. The third-order valence-corrected chi connectivity index (χ3v) is 4.64. The number of aryl methyl sites for hydroxylation is 1. The Morgan fingerprint density at radius 1 is 1.17 bits per heavy atom. The Hall–Kier alpha value is -2.14. The maximum absolute atomic E-state index is 12.6. The summed E-state index contributed by atoms with van der Waals surface area (Å²) in [6, 6.07) is 12.2. The van der Waals surface area contributed by atoms with Crippen LogP contribution in [0.2, 0.25) is 0 Å². The first-order valence-electron chi connectivity index (χ1n) is 8.77. The lowest BCUT2D eigenvalue weighted by Crippen LogP contribution is -2.46. The molecule has 2 aromatic rings. The molecule has 1 aromatic carbocycles. The molecule has 3 rings (SSSR count). The lowest BCUT2D eigenvalue weighted by Gasteiger charge is -2.31. The number of rotatable bonds is 6. The molecular weight excluding hydrogens is 300 g/mol. The van der Waals surface area contributed by atoms with Gasteiger partial charge >= 0.3 is 0 Å². The van der Waals surface area contributed by atoms with E-state index in [1.54, 1.807) is 24.0 Å². The van der Waals surface area contributed by atoms with Crippen molar-refractivity contribution >= 4 is 5.91 Å². The minimum absolute atomic E-state index is 0.0482. The van der Waals surface area contributed by atoms with E-state index in [2.05, 4.69) is 39.6 Å². The molecular formula is C19H26N4O. The number of nitrogens with zero attached hydrogens (tertiary/aromatic N) is 3. The number of hydrogen-bond donors (Lipinski definition) is 1. The zero-order valence-electron chi connectivity index (χ0n) is 14.3. The average Bonchev–Trinajstić information content (AvgIpc) is 3.03. The van der Waals surface area contributed by atoms with Crippen molar-refractivity contribution < 1.29 is 4.79 Å². The molecule has 0 bridgehead atoms. The van der Waals surface area contributed by atoms with Gasteiger partial charge in [0, 0.05) is 25.8 Å². The van der Waals surface area contributed by atoms with Crippen LogP contribution >= 0.6 is 0 Å². The van der Waals surface area contributed by atoms with E-state index in [-0.39, 0.29) is 11.9 Å². The summed E-state index contributed by atoms with van der Waals surface area (Å²) in [5.41, 5.74) is 1.86. The van der Waals surface area contributed by atoms with Crippen LogP contribution < -0.4 is 5.32 Å². The summed E-state index contributed by atoms with van der Waals surface area (Å²) in [5.74, 6) is -0.0482. The first-order chi connectivity index (χ1) is 11.7. The summed E-state index contributed by atoms with van der Waals surface area (Å²) in [7, 11) is 1.80. The number of piperidine rings is 1. The summed E-state index contributed by atoms with van der Waals surface area (Å²) in [4.78, 5) is 15.1. The monoisotopic (exact) mass is 326 g/mol. The smallest absolute Gasteiger partial charge is 0.269 e. The third kappa shape index (κ3) is 4.45. The van der Waals surface area contributed by atoms with Crippen LogP contribution in [0.4, 0.5) is 0 Å². The highest BCUT2D eigenvalue weighted by atomic mass is 16.2. The Kier molecular flexibility index (Phi) is 5.64. The first kappa shape index (κ1) is 16.7. The molecule has 0 saturated carbocycles. The predicted molar refractivity (Wildman–Crippen MR) is 94.9 cm³/mol. The maximum Gasteiger partial charge on any atom is 0.269 e. The molecule has 5 nitrogen and oxygen atoms in total. The molecule has 1 aromatic heterocycles. The lowest BCUT2D eigenvalue weighted by atomic mass is 10.0. The van der Waals surface area contributed by atoms with Crippen LogP contribution in [-0.2, 0) is 13.5 Å². The molecule has 128 valence electrons. The van der Waals surface area contributed by atoms with E-state index in [9.17, 15) is 4.79 Å². The number of hydrogen-bond acceptors (Lipinski definition) is 3. The van der Waals surface area contributed by atoms with E-state index >= 15 is 0 Å². The molecule has 0 aliphatic carbocycles. The van der Waals surface area contributed by atoms with Crippen molar-refractivity contribution in [3.05, 3.63) is 53.9 Å². The summed E-state index contributed by atoms with van der Waals surface area (Å²) < 4.78 is 1.62. The number of benzene rings is 1. The summed E-state index contributed by atoms with van der Waals surface area (Å²) >= 11 is 0. The molecule has 1 saturated heterocycles. The van der Waals surface area contributed by atoms with Gasteiger partial charge in [0.1, 0.15) is 5.69 Å². The predicted octanol–water partition coefficient (Wildman–Crippen LogP) is 2.25. The standard InChI is InChI=1S/C19H26N4O/c1-22-18(10-11-20-22)19(24)21-17(14-16-8-4-2-5-9-16)15-23-12-6-3-7-13-23/h2,4-5,8-11,17H,3,6-7,12-15H2,1H3,(H,21,24)/t17-/m1/s1. The van der Waals surface area contributed by atoms with Gasteiger partial charge in [0.05, 0.1) is 0 Å². The molecule has 0 radical (unpaired) electrons. The van der Waals surface area contributed by atoms with E-state index < -0.39 is 0 Å². The average molecular weight is 326 g/mol. The fourth-order valence-corrected chi connectivity index (χ4v) is 3.37. The molecule has 24 heavy (non-hydrogen) atoms. The number of carbonyl (C=O) groups excluding carboxylic acids is 1. The van der Waals surface area contributed by atoms with Crippen molar-refractivity contribution in [3.63, 3.8) is 0 Å². The van der Waals surface area contributed by atoms with Crippen molar-refractivity contribution in [2.45, 2.75) is 31.7 Å². The van der Waals surface area contributed by atoms with Crippen LogP contribution in [-0.4, -0.2) is 46.3 Å². The first-order valence-corrected chi connectivity index (χ1v) is 8.77. The highest BCUT2D eigenvalue weighted by Gasteiger charge is 2.20. The molecule has 1 aliphatic rings.